The van der Waals surface area contributed by atoms with Crippen molar-refractivity contribution >= 4 is 5.91 Å². The van der Waals surface area contributed by atoms with Crippen LogP contribution in [0.25, 0.3) is 0 Å². The zero-order valence-electron chi connectivity index (χ0n) is 13.4. The SMILES string of the molecule is CCC(C)C(C)CCCNC(=O)[C@H]1CC[C@@H](C)CC1. The highest BCUT2D eigenvalue weighted by Gasteiger charge is 2.23. The van der Waals surface area contributed by atoms with E-state index in [1.807, 2.05) is 0 Å². The number of carbonyl (C=O) groups excluding carboxylic acids is 1. The van der Waals surface area contributed by atoms with E-state index in [0.717, 1.165) is 43.6 Å². The molecule has 1 fully saturated rings. The molecule has 0 aromatic carbocycles. The van der Waals surface area contributed by atoms with Gasteiger partial charge < -0.3 is 5.32 Å². The summed E-state index contributed by atoms with van der Waals surface area (Å²) in [6.07, 6.45) is 8.25. The van der Waals surface area contributed by atoms with Crippen LogP contribution >= 0.6 is 0 Å². The Morgan fingerprint density at radius 3 is 2.37 bits per heavy atom. The van der Waals surface area contributed by atoms with Crippen LogP contribution in [0.2, 0.25) is 0 Å². The van der Waals surface area contributed by atoms with Crippen LogP contribution in [-0.4, -0.2) is 12.5 Å². The van der Waals surface area contributed by atoms with Crippen molar-refractivity contribution in [2.75, 3.05) is 6.54 Å². The summed E-state index contributed by atoms with van der Waals surface area (Å²) in [5.74, 6) is 3.00. The van der Waals surface area contributed by atoms with Gasteiger partial charge in [-0.25, -0.2) is 0 Å². The van der Waals surface area contributed by atoms with Crippen LogP contribution < -0.4 is 5.32 Å². The Labute approximate surface area is 119 Å². The van der Waals surface area contributed by atoms with E-state index in [1.165, 1.54) is 25.7 Å². The summed E-state index contributed by atoms with van der Waals surface area (Å²) in [7, 11) is 0. The Balaban J connectivity index is 2.10. The molecule has 1 aliphatic carbocycles. The van der Waals surface area contributed by atoms with Crippen LogP contribution in [-0.2, 0) is 4.79 Å². The first kappa shape index (κ1) is 16.5. The van der Waals surface area contributed by atoms with Crippen molar-refractivity contribution in [3.8, 4) is 0 Å². The smallest absolute Gasteiger partial charge is 0.223 e. The summed E-state index contributed by atoms with van der Waals surface area (Å²) >= 11 is 0. The van der Waals surface area contributed by atoms with E-state index in [-0.39, 0.29) is 0 Å². The third-order valence-electron chi connectivity index (χ3n) is 5.14. The molecule has 1 aliphatic rings. The minimum absolute atomic E-state index is 0.295. The minimum Gasteiger partial charge on any atom is -0.356 e. The van der Waals surface area contributed by atoms with Crippen LogP contribution in [0, 0.1) is 23.7 Å². The summed E-state index contributed by atoms with van der Waals surface area (Å²) in [5, 5.41) is 3.14. The quantitative estimate of drug-likeness (QED) is 0.681. The molecule has 0 aliphatic heterocycles. The maximum Gasteiger partial charge on any atom is 0.223 e. The number of carbonyl (C=O) groups is 1. The molecule has 2 atom stereocenters. The monoisotopic (exact) mass is 267 g/mol. The molecule has 1 amide bonds. The lowest BCUT2D eigenvalue weighted by molar-refractivity contribution is -0.126. The molecule has 1 saturated carbocycles. The molecule has 2 unspecified atom stereocenters. The van der Waals surface area contributed by atoms with E-state index >= 15 is 0 Å². The normalized spacial score (nSPS) is 26.7. The Bertz CT molecular complexity index is 256. The third-order valence-corrected chi connectivity index (χ3v) is 5.14. The number of nitrogens with one attached hydrogen (secondary N) is 1. The zero-order chi connectivity index (χ0) is 14.3. The highest BCUT2D eigenvalue weighted by molar-refractivity contribution is 5.78. The Morgan fingerprint density at radius 2 is 1.79 bits per heavy atom. The second kappa shape index (κ2) is 8.60. The summed E-state index contributed by atoms with van der Waals surface area (Å²) in [5.41, 5.74) is 0. The van der Waals surface area contributed by atoms with Crippen molar-refractivity contribution in [3.63, 3.8) is 0 Å². The van der Waals surface area contributed by atoms with Crippen LogP contribution in [0.5, 0.6) is 0 Å². The molecular weight excluding hydrogens is 234 g/mol. The van der Waals surface area contributed by atoms with E-state index in [2.05, 4.69) is 33.0 Å². The molecule has 112 valence electrons. The maximum atomic E-state index is 12.0. The average Bonchev–Trinajstić information content (AvgIpc) is 2.42. The molecule has 0 radical (unpaired) electrons. The van der Waals surface area contributed by atoms with Gasteiger partial charge in [-0.05, 0) is 56.3 Å². The molecule has 1 rings (SSSR count). The second-order valence-corrected chi connectivity index (χ2v) is 6.75. The molecule has 2 heteroatoms. The standard InChI is InChI=1S/C17H33NO/c1-5-14(3)15(4)7-6-12-18-17(19)16-10-8-13(2)9-11-16/h13-16H,5-12H2,1-4H3,(H,18,19)/t13-,14?,15?,16+. The highest BCUT2D eigenvalue weighted by atomic mass is 16.1. The van der Waals surface area contributed by atoms with E-state index in [0.29, 0.717) is 11.8 Å². The van der Waals surface area contributed by atoms with Crippen LogP contribution in [0.1, 0.15) is 72.6 Å². The van der Waals surface area contributed by atoms with Gasteiger partial charge in [-0.3, -0.25) is 4.79 Å². The van der Waals surface area contributed by atoms with Gasteiger partial charge >= 0.3 is 0 Å². The first-order valence-corrected chi connectivity index (χ1v) is 8.32. The fourth-order valence-electron chi connectivity index (χ4n) is 2.99. The molecule has 0 spiro atoms. The third kappa shape index (κ3) is 5.97. The number of hydrogen-bond donors (Lipinski definition) is 1. The molecule has 0 aromatic heterocycles. The predicted octanol–water partition coefficient (Wildman–Crippen LogP) is 4.39. The molecule has 2 nitrogen and oxygen atoms in total. The molecule has 0 saturated heterocycles. The van der Waals surface area contributed by atoms with E-state index in [1.54, 1.807) is 0 Å². The second-order valence-electron chi connectivity index (χ2n) is 6.75. The Kier molecular flexibility index (Phi) is 7.48. The van der Waals surface area contributed by atoms with Crippen molar-refractivity contribution in [2.24, 2.45) is 23.7 Å². The van der Waals surface area contributed by atoms with Crippen molar-refractivity contribution in [1.82, 2.24) is 5.32 Å². The summed E-state index contributed by atoms with van der Waals surface area (Å²) in [6.45, 7) is 10.1. The van der Waals surface area contributed by atoms with Gasteiger partial charge in [0.15, 0.2) is 0 Å². The number of amides is 1. The topological polar surface area (TPSA) is 29.1 Å². The maximum absolute atomic E-state index is 12.0. The van der Waals surface area contributed by atoms with E-state index in [4.69, 9.17) is 0 Å². The Morgan fingerprint density at radius 1 is 1.16 bits per heavy atom. The van der Waals surface area contributed by atoms with Gasteiger partial charge in [0.2, 0.25) is 5.91 Å². The molecule has 1 N–H and O–H groups in total. The van der Waals surface area contributed by atoms with Gasteiger partial charge in [-0.2, -0.15) is 0 Å². The molecule has 19 heavy (non-hydrogen) atoms. The van der Waals surface area contributed by atoms with E-state index < -0.39 is 0 Å². The molecular formula is C17H33NO. The van der Waals surface area contributed by atoms with Crippen LogP contribution in [0.3, 0.4) is 0 Å². The van der Waals surface area contributed by atoms with Crippen molar-refractivity contribution < 1.29 is 4.79 Å². The lowest BCUT2D eigenvalue weighted by Crippen LogP contribution is -2.33. The largest absolute Gasteiger partial charge is 0.356 e. The van der Waals surface area contributed by atoms with Gasteiger partial charge in [-0.1, -0.05) is 34.1 Å². The predicted molar refractivity (Wildman–Crippen MR) is 82.0 cm³/mol. The summed E-state index contributed by atoms with van der Waals surface area (Å²) in [6, 6.07) is 0. The van der Waals surface area contributed by atoms with E-state index in [9.17, 15) is 4.79 Å². The van der Waals surface area contributed by atoms with Crippen molar-refractivity contribution in [3.05, 3.63) is 0 Å². The first-order chi connectivity index (χ1) is 9.04. The highest BCUT2D eigenvalue weighted by Crippen LogP contribution is 2.28. The minimum atomic E-state index is 0.295. The summed E-state index contributed by atoms with van der Waals surface area (Å²) < 4.78 is 0. The molecule has 0 heterocycles. The van der Waals surface area contributed by atoms with Gasteiger partial charge in [-0.15, -0.1) is 0 Å². The lowest BCUT2D eigenvalue weighted by Gasteiger charge is -2.25. The fraction of sp³-hybridized carbons (Fsp3) is 0.941. The number of hydrogen-bond acceptors (Lipinski definition) is 1. The van der Waals surface area contributed by atoms with Crippen LogP contribution in [0.15, 0.2) is 0 Å². The Hall–Kier alpha value is -0.530. The zero-order valence-corrected chi connectivity index (χ0v) is 13.4. The molecule has 0 aromatic rings. The van der Waals surface area contributed by atoms with Gasteiger partial charge in [0.25, 0.3) is 0 Å². The van der Waals surface area contributed by atoms with Gasteiger partial charge in [0.1, 0.15) is 0 Å². The molecule has 0 bridgehead atoms. The fourth-order valence-corrected chi connectivity index (χ4v) is 2.99. The van der Waals surface area contributed by atoms with Crippen LogP contribution in [0.4, 0.5) is 0 Å². The number of rotatable bonds is 7. The van der Waals surface area contributed by atoms with Gasteiger partial charge in [0.05, 0.1) is 0 Å². The average molecular weight is 267 g/mol. The van der Waals surface area contributed by atoms with Crippen molar-refractivity contribution in [1.29, 1.82) is 0 Å². The van der Waals surface area contributed by atoms with Gasteiger partial charge in [0, 0.05) is 12.5 Å². The summed E-state index contributed by atoms with van der Waals surface area (Å²) in [4.78, 5) is 12.0. The lowest BCUT2D eigenvalue weighted by atomic mass is 9.82. The first-order valence-electron chi connectivity index (χ1n) is 8.32. The van der Waals surface area contributed by atoms with Crippen molar-refractivity contribution in [2.45, 2.75) is 72.6 Å².